The molecule has 2 heterocycles. The van der Waals surface area contributed by atoms with Gasteiger partial charge in [-0.05, 0) is 51.6 Å². The van der Waals surface area contributed by atoms with Gasteiger partial charge < -0.3 is 20.2 Å². The van der Waals surface area contributed by atoms with Crippen molar-refractivity contribution >= 4 is 11.6 Å². The Labute approximate surface area is 188 Å². The lowest BCUT2D eigenvalue weighted by molar-refractivity contribution is 0.0934. The maximum Gasteiger partial charge on any atom is 0.273 e. The van der Waals surface area contributed by atoms with Crippen LogP contribution in [0.3, 0.4) is 0 Å². The summed E-state index contributed by atoms with van der Waals surface area (Å²) in [6, 6.07) is 14.9. The van der Waals surface area contributed by atoms with E-state index in [0.717, 1.165) is 43.1 Å². The summed E-state index contributed by atoms with van der Waals surface area (Å²) in [4.78, 5) is 19.0. The number of carbonyl (C=O) groups excluding carboxylic acids is 1. The van der Waals surface area contributed by atoms with Crippen molar-refractivity contribution in [3.63, 3.8) is 0 Å². The van der Waals surface area contributed by atoms with Gasteiger partial charge in [-0.3, -0.25) is 4.79 Å². The largest absolute Gasteiger partial charge is 0.508 e. The lowest BCUT2D eigenvalue weighted by Crippen LogP contribution is -2.45. The highest BCUT2D eigenvalue weighted by molar-refractivity contribution is 5.93. The summed E-state index contributed by atoms with van der Waals surface area (Å²) in [6.45, 7) is 7.51. The van der Waals surface area contributed by atoms with Gasteiger partial charge in [0, 0.05) is 43.5 Å². The highest BCUT2D eigenvalue weighted by Crippen LogP contribution is 2.30. The monoisotopic (exact) mass is 434 g/mol. The molecule has 8 nitrogen and oxygen atoms in total. The van der Waals surface area contributed by atoms with E-state index in [1.165, 1.54) is 4.80 Å². The molecule has 2 N–H and O–H groups in total. The van der Waals surface area contributed by atoms with Crippen LogP contribution in [0.25, 0.3) is 5.69 Å². The summed E-state index contributed by atoms with van der Waals surface area (Å²) in [6.07, 6.45) is 0.520. The minimum Gasteiger partial charge on any atom is -0.508 e. The van der Waals surface area contributed by atoms with Gasteiger partial charge in [-0.1, -0.05) is 24.3 Å². The van der Waals surface area contributed by atoms with Gasteiger partial charge in [-0.25, -0.2) is 0 Å². The molecule has 1 fully saturated rings. The molecule has 4 rings (SSSR count). The van der Waals surface area contributed by atoms with E-state index >= 15 is 0 Å². The van der Waals surface area contributed by atoms with Crippen molar-refractivity contribution in [3.8, 4) is 11.4 Å². The van der Waals surface area contributed by atoms with Gasteiger partial charge in [-0.15, -0.1) is 5.10 Å². The Hall–Kier alpha value is -3.39. The number of rotatable bonds is 6. The number of phenols is 1. The van der Waals surface area contributed by atoms with E-state index in [4.69, 9.17) is 0 Å². The van der Waals surface area contributed by atoms with Crippen LogP contribution in [0.1, 0.15) is 28.7 Å². The van der Waals surface area contributed by atoms with Crippen LogP contribution in [0.4, 0.5) is 5.69 Å². The van der Waals surface area contributed by atoms with Gasteiger partial charge >= 0.3 is 0 Å². The normalized spacial score (nSPS) is 15.5. The topological polar surface area (TPSA) is 86.5 Å². The molecule has 8 heteroatoms. The van der Waals surface area contributed by atoms with Gasteiger partial charge in [0.15, 0.2) is 5.69 Å². The number of nitrogens with zero attached hydrogens (tertiary/aromatic N) is 5. The van der Waals surface area contributed by atoms with Crippen molar-refractivity contribution < 1.29 is 9.90 Å². The molecular formula is C24H30N6O2. The minimum absolute atomic E-state index is 0.191. The number of aromatic hydroxyl groups is 1. The zero-order chi connectivity index (χ0) is 22.7. The lowest BCUT2D eigenvalue weighted by atomic mass is 10.0. The number of likely N-dealkylation sites (N-methyl/N-ethyl adjacent to an activating group) is 1. The zero-order valence-corrected chi connectivity index (χ0v) is 18.8. The van der Waals surface area contributed by atoms with Crippen LogP contribution in [0.2, 0.25) is 0 Å². The number of aryl methyl sites for hydroxylation is 1. The molecule has 1 aliphatic heterocycles. The second kappa shape index (κ2) is 9.40. The van der Waals surface area contributed by atoms with E-state index in [1.807, 2.05) is 49.4 Å². The van der Waals surface area contributed by atoms with Crippen molar-refractivity contribution in [1.82, 2.24) is 25.2 Å². The molecule has 1 aromatic heterocycles. The molecule has 0 saturated carbocycles. The minimum atomic E-state index is -0.270. The Kier molecular flexibility index (Phi) is 6.41. The third-order valence-electron chi connectivity index (χ3n) is 5.84. The Bertz CT molecular complexity index is 1070. The van der Waals surface area contributed by atoms with Crippen LogP contribution in [0.5, 0.6) is 5.75 Å². The summed E-state index contributed by atoms with van der Waals surface area (Å²) >= 11 is 0. The molecule has 32 heavy (non-hydrogen) atoms. The predicted octanol–water partition coefficient (Wildman–Crippen LogP) is 2.39. The molecule has 0 unspecified atom stereocenters. The van der Waals surface area contributed by atoms with E-state index in [9.17, 15) is 9.90 Å². The standard InChI is InChI=1S/C24H30N6O2/c1-17(16-20-21(10-7-11-22(20)31)29-14-12-28(3)13-15-29)25-24(32)23-18(2)26-30(27-23)19-8-5-4-6-9-19/h4-11,17,31H,12-16H2,1-3H3,(H,25,32)/t17-/m1/s1. The maximum atomic E-state index is 12.9. The first-order chi connectivity index (χ1) is 15.4. The fraction of sp³-hybridized carbons (Fsp3) is 0.375. The van der Waals surface area contributed by atoms with Crippen LogP contribution in [0, 0.1) is 6.92 Å². The summed E-state index contributed by atoms with van der Waals surface area (Å²) < 4.78 is 0. The molecule has 0 bridgehead atoms. The number of benzene rings is 2. The summed E-state index contributed by atoms with van der Waals surface area (Å²) in [5.41, 5.74) is 3.56. The number of anilines is 1. The van der Waals surface area contributed by atoms with Gasteiger partial charge in [0.25, 0.3) is 5.91 Å². The van der Waals surface area contributed by atoms with Crippen LogP contribution in [-0.4, -0.2) is 70.2 Å². The number of piperazine rings is 1. The SMILES string of the molecule is Cc1nn(-c2ccccc2)nc1C(=O)N[C@H](C)Cc1c(O)cccc1N1CCN(C)CC1. The molecule has 1 amide bonds. The Balaban J connectivity index is 1.47. The molecule has 1 atom stereocenters. The van der Waals surface area contributed by atoms with Crippen LogP contribution >= 0.6 is 0 Å². The second-order valence-electron chi connectivity index (χ2n) is 8.40. The molecule has 168 valence electrons. The number of para-hydroxylation sites is 1. The van der Waals surface area contributed by atoms with Crippen molar-refractivity contribution in [2.24, 2.45) is 0 Å². The number of hydrogen-bond acceptors (Lipinski definition) is 6. The van der Waals surface area contributed by atoms with Gasteiger partial charge in [0.2, 0.25) is 0 Å². The molecule has 1 aliphatic rings. The second-order valence-corrected chi connectivity index (χ2v) is 8.40. The molecule has 0 radical (unpaired) electrons. The number of nitrogens with one attached hydrogen (secondary N) is 1. The fourth-order valence-corrected chi connectivity index (χ4v) is 4.03. The number of aromatic nitrogens is 3. The molecule has 1 saturated heterocycles. The first-order valence-electron chi connectivity index (χ1n) is 11.0. The average molecular weight is 435 g/mol. The van der Waals surface area contributed by atoms with Gasteiger partial charge in [-0.2, -0.15) is 9.90 Å². The number of hydrogen-bond donors (Lipinski definition) is 2. The van der Waals surface area contributed by atoms with E-state index < -0.39 is 0 Å². The average Bonchev–Trinajstić information content (AvgIpc) is 3.18. The Morgan fingerprint density at radius 3 is 2.50 bits per heavy atom. The summed E-state index contributed by atoms with van der Waals surface area (Å²) in [7, 11) is 2.12. The Morgan fingerprint density at radius 1 is 1.06 bits per heavy atom. The number of carbonyl (C=O) groups is 1. The third kappa shape index (κ3) is 4.75. The first kappa shape index (κ1) is 21.8. The predicted molar refractivity (Wildman–Crippen MR) is 125 cm³/mol. The summed E-state index contributed by atoms with van der Waals surface area (Å²) in [5.74, 6) is -0.0116. The van der Waals surface area contributed by atoms with E-state index in [-0.39, 0.29) is 17.7 Å². The highest BCUT2D eigenvalue weighted by Gasteiger charge is 2.22. The highest BCUT2D eigenvalue weighted by atomic mass is 16.3. The molecular weight excluding hydrogens is 404 g/mol. The summed E-state index contributed by atoms with van der Waals surface area (Å²) in [5, 5.41) is 22.4. The molecule has 2 aromatic carbocycles. The molecule has 3 aromatic rings. The fourth-order valence-electron chi connectivity index (χ4n) is 4.03. The lowest BCUT2D eigenvalue weighted by Gasteiger charge is -2.35. The quantitative estimate of drug-likeness (QED) is 0.620. The number of phenolic OH excluding ortho intramolecular Hbond substituents is 1. The van der Waals surface area contributed by atoms with Crippen LogP contribution < -0.4 is 10.2 Å². The van der Waals surface area contributed by atoms with Crippen molar-refractivity contribution in [3.05, 3.63) is 65.5 Å². The Morgan fingerprint density at radius 2 is 1.78 bits per heavy atom. The smallest absolute Gasteiger partial charge is 0.273 e. The maximum absolute atomic E-state index is 12.9. The van der Waals surface area contributed by atoms with E-state index in [2.05, 4.69) is 32.4 Å². The molecule has 0 spiro atoms. The van der Waals surface area contributed by atoms with Crippen LogP contribution in [-0.2, 0) is 6.42 Å². The first-order valence-corrected chi connectivity index (χ1v) is 11.0. The van der Waals surface area contributed by atoms with Crippen molar-refractivity contribution in [2.45, 2.75) is 26.3 Å². The van der Waals surface area contributed by atoms with Crippen LogP contribution in [0.15, 0.2) is 48.5 Å². The zero-order valence-electron chi connectivity index (χ0n) is 18.8. The number of amides is 1. The van der Waals surface area contributed by atoms with Gasteiger partial charge in [0.1, 0.15) is 5.75 Å². The third-order valence-corrected chi connectivity index (χ3v) is 5.84. The van der Waals surface area contributed by atoms with Crippen molar-refractivity contribution in [2.75, 3.05) is 38.1 Å². The van der Waals surface area contributed by atoms with E-state index in [1.54, 1.807) is 13.0 Å². The molecule has 0 aliphatic carbocycles. The van der Waals surface area contributed by atoms with E-state index in [0.29, 0.717) is 17.8 Å². The van der Waals surface area contributed by atoms with Crippen molar-refractivity contribution in [1.29, 1.82) is 0 Å². The van der Waals surface area contributed by atoms with Gasteiger partial charge in [0.05, 0.1) is 11.4 Å².